The fourth-order valence-corrected chi connectivity index (χ4v) is 5.02. The van der Waals surface area contributed by atoms with Crippen molar-refractivity contribution in [2.24, 2.45) is 11.5 Å². The summed E-state index contributed by atoms with van der Waals surface area (Å²) in [6.45, 7) is 1.17. The highest BCUT2D eigenvalue weighted by atomic mass is 35.5. The number of nitro groups is 1. The number of carbonyl (C=O) groups excluding carboxylic acids is 3. The van der Waals surface area contributed by atoms with E-state index >= 15 is 0 Å². The molecule has 1 aliphatic carbocycles. The van der Waals surface area contributed by atoms with Gasteiger partial charge in [-0.1, -0.05) is 37.1 Å². The van der Waals surface area contributed by atoms with Crippen molar-refractivity contribution in [3.8, 4) is 0 Å². The van der Waals surface area contributed by atoms with Crippen molar-refractivity contribution in [1.82, 2.24) is 20.0 Å². The number of primary amides is 1. The molecule has 1 aliphatic rings. The summed E-state index contributed by atoms with van der Waals surface area (Å²) in [6.07, 6.45) is 2.41. The summed E-state index contributed by atoms with van der Waals surface area (Å²) in [7, 11) is 0. The molecule has 0 bridgehead atoms. The molecular weight excluding hydrogens is 545 g/mol. The highest BCUT2D eigenvalue weighted by Gasteiger charge is 2.35. The number of benzene rings is 2. The second kappa shape index (κ2) is 12.0. The number of halogens is 2. The van der Waals surface area contributed by atoms with Crippen molar-refractivity contribution in [1.29, 1.82) is 0 Å². The van der Waals surface area contributed by atoms with Crippen LogP contribution in [0.4, 0.5) is 10.1 Å². The third kappa shape index (κ3) is 6.05. The lowest BCUT2D eigenvalue weighted by Crippen LogP contribution is -2.55. The van der Waals surface area contributed by atoms with Crippen LogP contribution in [0.15, 0.2) is 30.3 Å². The molecule has 3 amide bonds. The van der Waals surface area contributed by atoms with Gasteiger partial charge in [0.2, 0.25) is 11.8 Å². The van der Waals surface area contributed by atoms with E-state index in [4.69, 9.17) is 23.1 Å². The molecule has 40 heavy (non-hydrogen) atoms. The molecule has 12 nitrogen and oxygen atoms in total. The summed E-state index contributed by atoms with van der Waals surface area (Å²) in [5, 5.41) is 18.1. The Morgan fingerprint density at radius 1 is 1.25 bits per heavy atom. The van der Waals surface area contributed by atoms with Gasteiger partial charge in [0.05, 0.1) is 22.0 Å². The molecule has 14 heteroatoms. The first kappa shape index (κ1) is 28.9. The molecule has 1 heterocycles. The van der Waals surface area contributed by atoms with Crippen molar-refractivity contribution in [2.75, 3.05) is 6.54 Å². The largest absolute Gasteiger partial charge is 0.364 e. The maximum Gasteiger partial charge on any atom is 0.270 e. The first-order valence-corrected chi connectivity index (χ1v) is 13.1. The number of hydrogen-bond acceptors (Lipinski definition) is 7. The van der Waals surface area contributed by atoms with Gasteiger partial charge in [0.1, 0.15) is 12.4 Å². The molecule has 1 fully saturated rings. The Balaban J connectivity index is 1.50. The van der Waals surface area contributed by atoms with E-state index in [1.807, 2.05) is 6.92 Å². The summed E-state index contributed by atoms with van der Waals surface area (Å²) in [5.74, 6) is -2.50. The van der Waals surface area contributed by atoms with Crippen LogP contribution in [-0.2, 0) is 29.1 Å². The van der Waals surface area contributed by atoms with E-state index in [2.05, 4.69) is 10.4 Å². The number of fused-ring (bicyclic) bond motifs is 1. The monoisotopic (exact) mass is 573 g/mol. The lowest BCUT2D eigenvalue weighted by atomic mass is 9.86. The van der Waals surface area contributed by atoms with Gasteiger partial charge in [0.15, 0.2) is 5.69 Å². The number of amides is 3. The van der Waals surface area contributed by atoms with Gasteiger partial charge in [-0.25, -0.2) is 4.39 Å². The summed E-state index contributed by atoms with van der Waals surface area (Å²) in [5.41, 5.74) is 12.1. The van der Waals surface area contributed by atoms with Crippen LogP contribution in [0.5, 0.6) is 0 Å². The van der Waals surface area contributed by atoms with Crippen LogP contribution in [0.3, 0.4) is 0 Å². The van der Waals surface area contributed by atoms with Gasteiger partial charge in [-0.3, -0.25) is 29.2 Å². The molecule has 0 unspecified atom stereocenters. The minimum atomic E-state index is -0.909. The predicted octanol–water partition coefficient (Wildman–Crippen LogP) is 2.42. The van der Waals surface area contributed by atoms with E-state index in [9.17, 15) is 28.9 Å². The van der Waals surface area contributed by atoms with Crippen molar-refractivity contribution >= 4 is 45.9 Å². The van der Waals surface area contributed by atoms with Crippen molar-refractivity contribution < 1.29 is 23.7 Å². The molecule has 0 saturated heterocycles. The van der Waals surface area contributed by atoms with Crippen LogP contribution >= 0.6 is 11.6 Å². The van der Waals surface area contributed by atoms with E-state index in [0.717, 1.165) is 6.42 Å². The predicted molar refractivity (Wildman–Crippen MR) is 145 cm³/mol. The Bertz CT molecular complexity index is 1490. The molecule has 4 rings (SSSR count). The number of aromatic nitrogens is 2. The lowest BCUT2D eigenvalue weighted by Gasteiger charge is -2.41. The first-order valence-electron chi connectivity index (χ1n) is 12.7. The highest BCUT2D eigenvalue weighted by Crippen LogP contribution is 2.27. The summed E-state index contributed by atoms with van der Waals surface area (Å²) >= 11 is 6.14. The summed E-state index contributed by atoms with van der Waals surface area (Å²) in [6, 6.07) is 6.66. The Hall–Kier alpha value is -4.10. The molecule has 0 aliphatic heterocycles. The van der Waals surface area contributed by atoms with Gasteiger partial charge >= 0.3 is 0 Å². The minimum absolute atomic E-state index is 0.0287. The van der Waals surface area contributed by atoms with E-state index in [-0.39, 0.29) is 59.1 Å². The topological polar surface area (TPSA) is 179 Å². The Morgan fingerprint density at radius 3 is 2.58 bits per heavy atom. The van der Waals surface area contributed by atoms with E-state index in [1.165, 1.54) is 27.8 Å². The number of aryl methyl sites for hydroxylation is 1. The van der Waals surface area contributed by atoms with E-state index in [1.54, 1.807) is 12.1 Å². The number of rotatable bonds is 11. The highest BCUT2D eigenvalue weighted by molar-refractivity contribution is 6.31. The Morgan fingerprint density at radius 2 is 1.95 bits per heavy atom. The zero-order valence-electron chi connectivity index (χ0n) is 21.7. The minimum Gasteiger partial charge on any atom is -0.364 e. The van der Waals surface area contributed by atoms with Crippen molar-refractivity contribution in [2.45, 2.75) is 57.8 Å². The molecular formula is C26H29ClFN7O5. The quantitative estimate of drug-likeness (QED) is 0.233. The Kier molecular flexibility index (Phi) is 8.64. The van der Waals surface area contributed by atoms with Crippen LogP contribution in [0.2, 0.25) is 5.02 Å². The second-order valence-electron chi connectivity index (χ2n) is 9.77. The van der Waals surface area contributed by atoms with E-state index in [0.29, 0.717) is 30.3 Å². The molecule has 3 aromatic rings. The van der Waals surface area contributed by atoms with Gasteiger partial charge in [-0.05, 0) is 30.9 Å². The van der Waals surface area contributed by atoms with Gasteiger partial charge in [0.25, 0.3) is 11.6 Å². The number of nitrogens with zero attached hydrogens (tertiary/aromatic N) is 4. The number of carbonyl (C=O) groups is 3. The molecule has 0 spiro atoms. The Labute approximate surface area is 233 Å². The zero-order chi connectivity index (χ0) is 29.1. The third-order valence-electron chi connectivity index (χ3n) is 6.93. The van der Waals surface area contributed by atoms with Crippen LogP contribution in [-0.4, -0.2) is 56.0 Å². The van der Waals surface area contributed by atoms with Crippen LogP contribution in [0.1, 0.15) is 47.8 Å². The van der Waals surface area contributed by atoms with Gasteiger partial charge in [-0.15, -0.1) is 0 Å². The number of nitrogens with one attached hydrogen (secondary N) is 1. The average Bonchev–Trinajstić information content (AvgIpc) is 3.25. The fraction of sp³-hybridized carbons (Fsp3) is 0.385. The average molecular weight is 574 g/mol. The molecule has 1 aromatic heterocycles. The smallest absolute Gasteiger partial charge is 0.270 e. The van der Waals surface area contributed by atoms with Crippen LogP contribution < -0.4 is 16.8 Å². The zero-order valence-corrected chi connectivity index (χ0v) is 22.5. The van der Waals surface area contributed by atoms with Crippen LogP contribution in [0.25, 0.3) is 10.9 Å². The first-order chi connectivity index (χ1) is 19.0. The second-order valence-corrected chi connectivity index (χ2v) is 10.2. The molecule has 5 N–H and O–H groups in total. The summed E-state index contributed by atoms with van der Waals surface area (Å²) in [4.78, 5) is 50.1. The van der Waals surface area contributed by atoms with E-state index < -0.39 is 28.5 Å². The van der Waals surface area contributed by atoms with Gasteiger partial charge in [-0.2, -0.15) is 5.10 Å². The van der Waals surface area contributed by atoms with Crippen molar-refractivity contribution in [3.05, 3.63) is 68.1 Å². The number of nitrogens with two attached hydrogens (primary N) is 2. The molecule has 1 saturated carbocycles. The third-order valence-corrected chi connectivity index (χ3v) is 7.33. The maximum atomic E-state index is 14.7. The molecule has 212 valence electrons. The number of non-ortho nitro benzene ring substituents is 1. The van der Waals surface area contributed by atoms with Crippen molar-refractivity contribution in [3.63, 3.8) is 0 Å². The molecule has 0 radical (unpaired) electrons. The van der Waals surface area contributed by atoms with Crippen LogP contribution in [0, 0.1) is 15.9 Å². The van der Waals surface area contributed by atoms with Gasteiger partial charge < -0.3 is 21.7 Å². The molecule has 0 atom stereocenters. The maximum absolute atomic E-state index is 14.7. The van der Waals surface area contributed by atoms with Gasteiger partial charge in [0, 0.05) is 41.7 Å². The number of hydrogen-bond donors (Lipinski definition) is 3. The SMILES string of the molecule is CCCc1ccc(CNC(=O)CN(C(=O)Cn2nc(C(N)=O)c3cc([N+](=O)[O-])ccc32)[C@H]2C[C@H](N)C2)c(F)c1Cl. The fourth-order valence-electron chi connectivity index (χ4n) is 4.74. The number of nitro benzene ring substituents is 1. The molecule has 2 aromatic carbocycles. The normalized spacial score (nSPS) is 16.4. The standard InChI is InChI=1S/C26H29ClFN7O5/c1-2-3-14-4-5-15(24(28)23(14)27)11-31-21(36)12-33(18-8-16(29)9-18)22(37)13-34-20-7-6-17(35(39)40)10-19(20)25(32-34)26(30)38/h4-7,10,16,18H,2-3,8-9,11-13,29H2,1H3,(H2,30,38)(H,31,36)/t16-,18-. The lowest BCUT2D eigenvalue weighted by molar-refractivity contribution is -0.384. The summed E-state index contributed by atoms with van der Waals surface area (Å²) < 4.78 is 15.9.